The minimum absolute atomic E-state index is 0. The minimum atomic E-state index is -0.758. The zero-order valence-corrected chi connectivity index (χ0v) is 10.7. The molecule has 0 unspecified atom stereocenters. The van der Waals surface area contributed by atoms with E-state index in [1.807, 2.05) is 0 Å². The Labute approximate surface area is 104 Å². The fourth-order valence-corrected chi connectivity index (χ4v) is 4.36. The van der Waals surface area contributed by atoms with Crippen molar-refractivity contribution >= 4 is 5.97 Å². The molecule has 3 heteroatoms. The molecule has 4 rings (SSSR count). The molecule has 0 aromatic rings. The van der Waals surface area contributed by atoms with Crippen LogP contribution in [0.3, 0.4) is 0 Å². The third kappa shape index (κ3) is 1.43. The number of carbonyl (C=O) groups excluding carboxylic acids is 1. The first-order valence-electron chi connectivity index (χ1n) is 5.39. The Bertz CT molecular complexity index is 227. The van der Waals surface area contributed by atoms with Crippen LogP contribution in [0.25, 0.3) is 0 Å². The Morgan fingerprint density at radius 1 is 1.00 bits per heavy atom. The summed E-state index contributed by atoms with van der Waals surface area (Å²) >= 11 is 0. The van der Waals surface area contributed by atoms with Crippen molar-refractivity contribution in [1.29, 1.82) is 0 Å². The number of hydrogen-bond acceptors (Lipinski definition) is 2. The standard InChI is InChI=1S/C11H16O2.Zr/c12-10(13)11-4-7-1-8(5-11)3-9(2-7)6-11;/h7-9H,1-6H2,(H,12,13);/p-1. The zero-order valence-electron chi connectivity index (χ0n) is 8.29. The third-order valence-electron chi connectivity index (χ3n) is 4.47. The van der Waals surface area contributed by atoms with E-state index < -0.39 is 11.4 Å². The topological polar surface area (TPSA) is 40.1 Å². The monoisotopic (exact) mass is 269 g/mol. The second-order valence-electron chi connectivity index (χ2n) is 5.49. The van der Waals surface area contributed by atoms with Crippen molar-refractivity contribution < 1.29 is 36.1 Å². The molecule has 0 aromatic heterocycles. The van der Waals surface area contributed by atoms with E-state index in [9.17, 15) is 9.90 Å². The van der Waals surface area contributed by atoms with Crippen LogP contribution in [0.5, 0.6) is 0 Å². The van der Waals surface area contributed by atoms with E-state index in [1.165, 1.54) is 19.3 Å². The number of hydrogen-bond donors (Lipinski definition) is 0. The molecule has 4 bridgehead atoms. The van der Waals surface area contributed by atoms with Crippen molar-refractivity contribution in [3.8, 4) is 0 Å². The zero-order chi connectivity index (χ0) is 9.05. The van der Waals surface area contributed by atoms with E-state index in [0.29, 0.717) is 17.8 Å². The Hall–Kier alpha value is 0.353. The second kappa shape index (κ2) is 3.44. The van der Waals surface area contributed by atoms with Gasteiger partial charge in [-0.3, -0.25) is 0 Å². The number of carboxylic acid groups (broad SMARTS) is 1. The Balaban J connectivity index is 0.000000750. The van der Waals surface area contributed by atoms with Crippen LogP contribution >= 0.6 is 0 Å². The fourth-order valence-electron chi connectivity index (χ4n) is 4.36. The minimum Gasteiger partial charge on any atom is -0.550 e. The van der Waals surface area contributed by atoms with Gasteiger partial charge in [0.05, 0.1) is 0 Å². The van der Waals surface area contributed by atoms with Crippen LogP contribution < -0.4 is 5.11 Å². The largest absolute Gasteiger partial charge is 0.550 e. The molecule has 0 heterocycles. The second-order valence-corrected chi connectivity index (χ2v) is 5.49. The average molecular weight is 270 g/mol. The van der Waals surface area contributed by atoms with Crippen molar-refractivity contribution in [3.63, 3.8) is 0 Å². The molecule has 0 aromatic carbocycles. The molecule has 4 saturated carbocycles. The molecule has 0 atom stereocenters. The average Bonchev–Trinajstić information content (AvgIpc) is 2.00. The predicted octanol–water partition coefficient (Wildman–Crippen LogP) is 0.950. The number of carboxylic acids is 1. The molecule has 14 heavy (non-hydrogen) atoms. The number of aliphatic carboxylic acids is 1. The molecule has 0 N–H and O–H groups in total. The van der Waals surface area contributed by atoms with Crippen LogP contribution in [-0.4, -0.2) is 5.97 Å². The van der Waals surface area contributed by atoms with Gasteiger partial charge in [-0.1, -0.05) is 0 Å². The van der Waals surface area contributed by atoms with E-state index in [1.54, 1.807) is 0 Å². The molecule has 4 aliphatic rings. The summed E-state index contributed by atoms with van der Waals surface area (Å²) in [6.07, 6.45) is 6.65. The summed E-state index contributed by atoms with van der Waals surface area (Å²) in [6.45, 7) is 0. The summed E-state index contributed by atoms with van der Waals surface area (Å²) in [7, 11) is 0. The first-order chi connectivity index (χ1) is 6.18. The quantitative estimate of drug-likeness (QED) is 0.712. The van der Waals surface area contributed by atoms with Crippen LogP contribution in [0.1, 0.15) is 38.5 Å². The molecule has 76 valence electrons. The van der Waals surface area contributed by atoms with Crippen LogP contribution in [0.2, 0.25) is 0 Å². The number of carbonyl (C=O) groups is 1. The van der Waals surface area contributed by atoms with Crippen molar-refractivity contribution in [1.82, 2.24) is 0 Å². The van der Waals surface area contributed by atoms with E-state index in [0.717, 1.165) is 19.3 Å². The molecule has 0 aliphatic heterocycles. The van der Waals surface area contributed by atoms with Gasteiger partial charge in [0.15, 0.2) is 0 Å². The first kappa shape index (κ1) is 10.9. The fraction of sp³-hybridized carbons (Fsp3) is 0.909. The normalized spacial score (nSPS) is 48.7. The molecule has 4 aliphatic carbocycles. The maximum Gasteiger partial charge on any atom is 0.0476 e. The van der Waals surface area contributed by atoms with Crippen molar-refractivity contribution in [3.05, 3.63) is 0 Å². The molecule has 0 saturated heterocycles. The van der Waals surface area contributed by atoms with Crippen LogP contribution in [0.15, 0.2) is 0 Å². The van der Waals surface area contributed by atoms with Crippen molar-refractivity contribution in [2.24, 2.45) is 23.2 Å². The van der Waals surface area contributed by atoms with Gasteiger partial charge in [-0.2, -0.15) is 0 Å². The van der Waals surface area contributed by atoms with E-state index in [4.69, 9.17) is 0 Å². The SMILES string of the molecule is O=C([O-])C12CC3CC(CC(C3)C1)C2.[Zr]. The van der Waals surface area contributed by atoms with Gasteiger partial charge in [-0.25, -0.2) is 0 Å². The van der Waals surface area contributed by atoms with Crippen LogP contribution in [0, 0.1) is 23.2 Å². The molecule has 2 nitrogen and oxygen atoms in total. The Kier molecular flexibility index (Phi) is 2.66. The van der Waals surface area contributed by atoms with Crippen LogP contribution in [-0.2, 0) is 31.0 Å². The number of rotatable bonds is 1. The van der Waals surface area contributed by atoms with Gasteiger partial charge >= 0.3 is 0 Å². The van der Waals surface area contributed by atoms with Gasteiger partial charge < -0.3 is 9.90 Å². The molecular formula is C11H15O2Zr-. The van der Waals surface area contributed by atoms with Gasteiger partial charge in [-0.05, 0) is 56.3 Å². The molecular weight excluding hydrogens is 255 g/mol. The summed E-state index contributed by atoms with van der Waals surface area (Å²) in [4.78, 5) is 11.1. The maximum absolute atomic E-state index is 11.1. The van der Waals surface area contributed by atoms with E-state index in [2.05, 4.69) is 0 Å². The van der Waals surface area contributed by atoms with Crippen molar-refractivity contribution in [2.45, 2.75) is 38.5 Å². The molecule has 0 amide bonds. The third-order valence-corrected chi connectivity index (χ3v) is 4.47. The van der Waals surface area contributed by atoms with E-state index in [-0.39, 0.29) is 26.2 Å². The molecule has 4 fully saturated rings. The summed E-state index contributed by atoms with van der Waals surface area (Å²) in [5.74, 6) is 1.38. The summed E-state index contributed by atoms with van der Waals surface area (Å²) in [6, 6.07) is 0. The Morgan fingerprint density at radius 3 is 1.64 bits per heavy atom. The van der Waals surface area contributed by atoms with Gasteiger partial charge in [0.2, 0.25) is 0 Å². The molecule has 0 spiro atoms. The maximum atomic E-state index is 11.1. The van der Waals surface area contributed by atoms with Gasteiger partial charge in [0.1, 0.15) is 0 Å². The molecule has 0 radical (unpaired) electrons. The van der Waals surface area contributed by atoms with Gasteiger partial charge in [0.25, 0.3) is 0 Å². The van der Waals surface area contributed by atoms with Crippen molar-refractivity contribution in [2.75, 3.05) is 0 Å². The van der Waals surface area contributed by atoms with Crippen LogP contribution in [0.4, 0.5) is 0 Å². The summed E-state index contributed by atoms with van der Waals surface area (Å²) in [5.41, 5.74) is -0.394. The summed E-state index contributed by atoms with van der Waals surface area (Å²) in [5, 5.41) is 11.1. The first-order valence-corrected chi connectivity index (χ1v) is 5.39. The van der Waals surface area contributed by atoms with Gasteiger partial charge in [0, 0.05) is 37.6 Å². The predicted molar refractivity (Wildman–Crippen MR) is 45.6 cm³/mol. The summed E-state index contributed by atoms with van der Waals surface area (Å²) < 4.78 is 0. The smallest absolute Gasteiger partial charge is 0.0476 e. The van der Waals surface area contributed by atoms with Gasteiger partial charge in [-0.15, -0.1) is 0 Å². The Morgan fingerprint density at radius 2 is 1.36 bits per heavy atom. The van der Waals surface area contributed by atoms with E-state index >= 15 is 0 Å².